The van der Waals surface area contributed by atoms with Crippen molar-refractivity contribution in [2.24, 2.45) is 0 Å². The van der Waals surface area contributed by atoms with Gasteiger partial charge in [-0.15, -0.1) is 0 Å². The molecule has 0 bridgehead atoms. The van der Waals surface area contributed by atoms with Gasteiger partial charge in [0.15, 0.2) is 0 Å². The molecule has 0 aliphatic heterocycles. The number of nitrogens with zero attached hydrogens (tertiary/aromatic N) is 2. The van der Waals surface area contributed by atoms with Gasteiger partial charge in [-0.1, -0.05) is 23.7 Å². The highest BCUT2D eigenvalue weighted by atomic mass is 35.5. The van der Waals surface area contributed by atoms with Crippen LogP contribution in [0.4, 0.5) is 5.69 Å². The van der Waals surface area contributed by atoms with E-state index in [2.05, 4.69) is 10.6 Å². The Morgan fingerprint density at radius 3 is 2.44 bits per heavy atom. The summed E-state index contributed by atoms with van der Waals surface area (Å²) in [6.07, 6.45) is 0. The molecule has 174 valence electrons. The van der Waals surface area contributed by atoms with Gasteiger partial charge in [0.2, 0.25) is 5.91 Å². The van der Waals surface area contributed by atoms with Crippen LogP contribution in [-0.2, 0) is 11.3 Å². The number of carbonyl (C=O) groups excluding carboxylic acids is 2. The minimum absolute atomic E-state index is 0.0458. The van der Waals surface area contributed by atoms with E-state index in [4.69, 9.17) is 21.3 Å². The van der Waals surface area contributed by atoms with Gasteiger partial charge in [-0.25, -0.2) is 4.98 Å². The number of halogens is 1. The van der Waals surface area contributed by atoms with E-state index in [1.807, 2.05) is 54.8 Å². The van der Waals surface area contributed by atoms with Crippen molar-refractivity contribution in [1.29, 1.82) is 0 Å². The third-order valence-corrected chi connectivity index (χ3v) is 5.53. The van der Waals surface area contributed by atoms with Crippen LogP contribution in [0.3, 0.4) is 0 Å². The van der Waals surface area contributed by atoms with Crippen molar-refractivity contribution in [2.45, 2.75) is 26.4 Å². The number of imidazole rings is 1. The Morgan fingerprint density at radius 2 is 1.74 bits per heavy atom. The molecule has 0 aliphatic rings. The van der Waals surface area contributed by atoms with Gasteiger partial charge in [0.05, 0.1) is 23.7 Å². The van der Waals surface area contributed by atoms with Gasteiger partial charge < -0.3 is 19.9 Å². The Morgan fingerprint density at radius 1 is 1.03 bits per heavy atom. The molecule has 1 aromatic heterocycles. The number of carbonyl (C=O) groups is 2. The minimum Gasteiger partial charge on any atom is -0.494 e. The van der Waals surface area contributed by atoms with Crippen molar-refractivity contribution in [3.8, 4) is 5.75 Å². The lowest BCUT2D eigenvalue weighted by Gasteiger charge is -2.16. The number of hydrogen-bond acceptors (Lipinski definition) is 4. The number of nitrogens with one attached hydrogen (secondary N) is 2. The Bertz CT molecular complexity index is 1300. The first-order valence-corrected chi connectivity index (χ1v) is 11.4. The van der Waals surface area contributed by atoms with Crippen LogP contribution >= 0.6 is 11.6 Å². The number of rotatable bonds is 8. The van der Waals surface area contributed by atoms with Crippen LogP contribution in [0.15, 0.2) is 72.8 Å². The molecule has 1 unspecified atom stereocenters. The maximum atomic E-state index is 12.9. The molecule has 0 fully saturated rings. The topological polar surface area (TPSA) is 85.2 Å². The van der Waals surface area contributed by atoms with E-state index in [0.29, 0.717) is 28.7 Å². The van der Waals surface area contributed by atoms with Crippen LogP contribution in [0.5, 0.6) is 5.75 Å². The molecule has 7 nitrogen and oxygen atoms in total. The predicted molar refractivity (Wildman–Crippen MR) is 133 cm³/mol. The van der Waals surface area contributed by atoms with E-state index in [1.165, 1.54) is 0 Å². The van der Waals surface area contributed by atoms with Gasteiger partial charge in [0.1, 0.15) is 18.1 Å². The van der Waals surface area contributed by atoms with Gasteiger partial charge in [-0.05, 0) is 74.5 Å². The zero-order valence-electron chi connectivity index (χ0n) is 18.9. The lowest BCUT2D eigenvalue weighted by atomic mass is 10.2. The summed E-state index contributed by atoms with van der Waals surface area (Å²) in [7, 11) is 0. The van der Waals surface area contributed by atoms with Crippen molar-refractivity contribution in [2.75, 3.05) is 11.9 Å². The van der Waals surface area contributed by atoms with E-state index in [-0.39, 0.29) is 18.4 Å². The molecule has 0 saturated carbocycles. The average Bonchev–Trinajstić information content (AvgIpc) is 3.19. The number of amides is 2. The highest BCUT2D eigenvalue weighted by Crippen LogP contribution is 2.22. The largest absolute Gasteiger partial charge is 0.494 e. The summed E-state index contributed by atoms with van der Waals surface area (Å²) in [5.74, 6) is 0.880. The van der Waals surface area contributed by atoms with Gasteiger partial charge in [0.25, 0.3) is 5.91 Å². The highest BCUT2D eigenvalue weighted by molar-refractivity contribution is 6.30. The van der Waals surface area contributed by atoms with E-state index >= 15 is 0 Å². The molecule has 1 atom stereocenters. The smallest absolute Gasteiger partial charge is 0.251 e. The Hall–Kier alpha value is -3.84. The molecule has 2 amide bonds. The number of anilines is 1. The predicted octanol–water partition coefficient (Wildman–Crippen LogP) is 5.22. The molecule has 4 aromatic rings. The van der Waals surface area contributed by atoms with E-state index in [1.54, 1.807) is 36.4 Å². The first kappa shape index (κ1) is 23.3. The lowest BCUT2D eigenvalue weighted by Crippen LogP contribution is -2.30. The maximum Gasteiger partial charge on any atom is 0.251 e. The SMILES string of the molecule is CCOc1ccc(NC(=O)Cn2c(C(C)NC(=O)c3ccc(Cl)cc3)nc3ccccc32)cc1. The molecular weight excluding hydrogens is 452 g/mol. The third kappa shape index (κ3) is 5.38. The maximum absolute atomic E-state index is 12.9. The van der Waals surface area contributed by atoms with Crippen LogP contribution in [0.2, 0.25) is 5.02 Å². The van der Waals surface area contributed by atoms with Crippen molar-refractivity contribution in [1.82, 2.24) is 14.9 Å². The summed E-state index contributed by atoms with van der Waals surface area (Å²) in [4.78, 5) is 30.3. The Balaban J connectivity index is 1.54. The second-order valence-electron chi connectivity index (χ2n) is 7.75. The molecule has 0 saturated heterocycles. The first-order chi connectivity index (χ1) is 16.4. The molecule has 4 rings (SSSR count). The van der Waals surface area contributed by atoms with Crippen LogP contribution < -0.4 is 15.4 Å². The minimum atomic E-state index is -0.436. The second-order valence-corrected chi connectivity index (χ2v) is 8.19. The average molecular weight is 477 g/mol. The first-order valence-electron chi connectivity index (χ1n) is 11.0. The zero-order valence-corrected chi connectivity index (χ0v) is 19.7. The molecule has 8 heteroatoms. The number of ether oxygens (including phenoxy) is 1. The molecule has 0 spiro atoms. The highest BCUT2D eigenvalue weighted by Gasteiger charge is 2.20. The van der Waals surface area contributed by atoms with Crippen molar-refractivity contribution >= 4 is 40.1 Å². The Labute approximate surface area is 202 Å². The van der Waals surface area contributed by atoms with Gasteiger partial charge in [-0.2, -0.15) is 0 Å². The van der Waals surface area contributed by atoms with Gasteiger partial charge >= 0.3 is 0 Å². The molecule has 3 aromatic carbocycles. The fourth-order valence-corrected chi connectivity index (χ4v) is 3.81. The molecule has 34 heavy (non-hydrogen) atoms. The van der Waals surface area contributed by atoms with Gasteiger partial charge in [0, 0.05) is 16.3 Å². The van der Waals surface area contributed by atoms with E-state index in [0.717, 1.165) is 16.8 Å². The van der Waals surface area contributed by atoms with Crippen molar-refractivity contribution in [3.63, 3.8) is 0 Å². The summed E-state index contributed by atoms with van der Waals surface area (Å²) in [5, 5.41) is 6.43. The number of hydrogen-bond donors (Lipinski definition) is 2. The zero-order chi connectivity index (χ0) is 24.1. The van der Waals surface area contributed by atoms with Crippen LogP contribution in [0, 0.1) is 0 Å². The number of benzene rings is 3. The molecule has 2 N–H and O–H groups in total. The molecule has 0 aliphatic carbocycles. The quantitative estimate of drug-likeness (QED) is 0.365. The normalized spacial score (nSPS) is 11.7. The summed E-state index contributed by atoms with van der Waals surface area (Å²) >= 11 is 5.92. The fourth-order valence-electron chi connectivity index (χ4n) is 3.68. The van der Waals surface area contributed by atoms with Crippen LogP contribution in [0.25, 0.3) is 11.0 Å². The van der Waals surface area contributed by atoms with E-state index < -0.39 is 6.04 Å². The third-order valence-electron chi connectivity index (χ3n) is 5.28. The number of para-hydroxylation sites is 2. The van der Waals surface area contributed by atoms with Crippen LogP contribution in [0.1, 0.15) is 36.1 Å². The summed E-state index contributed by atoms with van der Waals surface area (Å²) < 4.78 is 7.27. The summed E-state index contributed by atoms with van der Waals surface area (Å²) in [5.41, 5.74) is 2.72. The standard InChI is InChI=1S/C26H25ClN4O3/c1-3-34-21-14-12-20(13-15-21)29-24(32)16-31-23-7-5-4-6-22(23)30-25(31)17(2)28-26(33)18-8-10-19(27)11-9-18/h4-15,17H,3,16H2,1-2H3,(H,28,33)(H,29,32). The summed E-state index contributed by atoms with van der Waals surface area (Å²) in [6, 6.07) is 21.0. The summed E-state index contributed by atoms with van der Waals surface area (Å²) in [6.45, 7) is 4.39. The van der Waals surface area contributed by atoms with E-state index in [9.17, 15) is 9.59 Å². The lowest BCUT2D eigenvalue weighted by molar-refractivity contribution is -0.116. The fraction of sp³-hybridized carbons (Fsp3) is 0.192. The molecule has 1 heterocycles. The van der Waals surface area contributed by atoms with Gasteiger partial charge in [-0.3, -0.25) is 9.59 Å². The monoisotopic (exact) mass is 476 g/mol. The second kappa shape index (κ2) is 10.4. The van der Waals surface area contributed by atoms with Crippen molar-refractivity contribution in [3.05, 3.63) is 89.2 Å². The molecular formula is C26H25ClN4O3. The van der Waals surface area contributed by atoms with Crippen molar-refractivity contribution < 1.29 is 14.3 Å². The van der Waals surface area contributed by atoms with Crippen LogP contribution in [-0.4, -0.2) is 28.0 Å². The number of aromatic nitrogens is 2. The molecule has 0 radical (unpaired) electrons. The number of fused-ring (bicyclic) bond motifs is 1. The Kier molecular flexibility index (Phi) is 7.13.